The fourth-order valence-electron chi connectivity index (χ4n) is 2.40. The highest BCUT2D eigenvalue weighted by molar-refractivity contribution is 7.90. The Balaban J connectivity index is 3.00. The molecule has 1 aromatic carbocycles. The number of hydrogen-bond acceptors (Lipinski definition) is 7. The summed E-state index contributed by atoms with van der Waals surface area (Å²) in [6, 6.07) is 3.95. The van der Waals surface area contributed by atoms with E-state index in [1.807, 2.05) is 6.92 Å². The van der Waals surface area contributed by atoms with Gasteiger partial charge in [0, 0.05) is 6.26 Å². The molecule has 0 aliphatic heterocycles. The van der Waals surface area contributed by atoms with Gasteiger partial charge in [0.25, 0.3) is 5.91 Å². The van der Waals surface area contributed by atoms with E-state index >= 15 is 0 Å². The number of carbonyl (C=O) groups is 2. The van der Waals surface area contributed by atoms with Crippen LogP contribution in [0.1, 0.15) is 25.0 Å². The van der Waals surface area contributed by atoms with Crippen molar-refractivity contribution in [2.24, 2.45) is 0 Å². The SMILES string of the molecule is CCNCCCOC(=O)O[C@H](c1ccc(S(C)(=O)=O)cc1)[C@@H](CF)NC(=O)C(Cl)Cl. The molecule has 0 saturated heterocycles. The van der Waals surface area contributed by atoms with E-state index in [4.69, 9.17) is 32.7 Å². The topological polar surface area (TPSA) is 111 Å². The second-order valence-electron chi connectivity index (χ2n) is 6.26. The summed E-state index contributed by atoms with van der Waals surface area (Å²) < 4.78 is 47.2. The fraction of sp³-hybridized carbons (Fsp3) is 0.556. The second kappa shape index (κ2) is 12.9. The minimum absolute atomic E-state index is 0.0263. The van der Waals surface area contributed by atoms with E-state index in [9.17, 15) is 22.4 Å². The van der Waals surface area contributed by atoms with Gasteiger partial charge in [-0.1, -0.05) is 42.3 Å². The van der Waals surface area contributed by atoms with Gasteiger partial charge in [-0.2, -0.15) is 0 Å². The zero-order valence-corrected chi connectivity index (χ0v) is 18.9. The molecular formula is C18H25Cl2FN2O6S. The van der Waals surface area contributed by atoms with Gasteiger partial charge < -0.3 is 20.1 Å². The van der Waals surface area contributed by atoms with Crippen LogP contribution in [0.5, 0.6) is 0 Å². The van der Waals surface area contributed by atoms with Gasteiger partial charge in [-0.25, -0.2) is 17.6 Å². The highest BCUT2D eigenvalue weighted by Gasteiger charge is 2.31. The summed E-state index contributed by atoms with van der Waals surface area (Å²) in [4.78, 5) is 22.4. The number of rotatable bonds is 12. The van der Waals surface area contributed by atoms with E-state index < -0.39 is 45.6 Å². The fourth-order valence-corrected chi connectivity index (χ4v) is 3.15. The van der Waals surface area contributed by atoms with Gasteiger partial charge in [0.1, 0.15) is 6.67 Å². The Kier molecular flexibility index (Phi) is 11.4. The molecule has 30 heavy (non-hydrogen) atoms. The summed E-state index contributed by atoms with van der Waals surface area (Å²) in [6.45, 7) is 2.31. The summed E-state index contributed by atoms with van der Waals surface area (Å²) in [6.07, 6.45) is -0.794. The predicted molar refractivity (Wildman–Crippen MR) is 111 cm³/mol. The van der Waals surface area contributed by atoms with E-state index in [-0.39, 0.29) is 17.1 Å². The van der Waals surface area contributed by atoms with Crippen LogP contribution in [-0.2, 0) is 24.1 Å². The van der Waals surface area contributed by atoms with E-state index in [0.717, 1.165) is 12.8 Å². The Labute approximate surface area is 185 Å². The third-order valence-corrected chi connectivity index (χ3v) is 5.41. The lowest BCUT2D eigenvalue weighted by Gasteiger charge is -2.26. The van der Waals surface area contributed by atoms with Gasteiger partial charge in [-0.3, -0.25) is 4.79 Å². The molecule has 2 N–H and O–H groups in total. The van der Waals surface area contributed by atoms with Gasteiger partial charge in [-0.15, -0.1) is 0 Å². The molecule has 0 unspecified atom stereocenters. The van der Waals surface area contributed by atoms with Crippen LogP contribution in [-0.4, -0.2) is 64.0 Å². The van der Waals surface area contributed by atoms with Crippen molar-refractivity contribution in [1.29, 1.82) is 0 Å². The van der Waals surface area contributed by atoms with Crippen molar-refractivity contribution < 1.29 is 31.9 Å². The minimum atomic E-state index is -3.46. The van der Waals surface area contributed by atoms with Crippen molar-refractivity contribution in [3.63, 3.8) is 0 Å². The Hall–Kier alpha value is -1.62. The molecule has 0 bridgehead atoms. The molecule has 0 fully saturated rings. The van der Waals surface area contributed by atoms with Crippen LogP contribution in [0.15, 0.2) is 29.2 Å². The van der Waals surface area contributed by atoms with Gasteiger partial charge in [0.15, 0.2) is 20.8 Å². The highest BCUT2D eigenvalue weighted by Crippen LogP contribution is 2.25. The maximum Gasteiger partial charge on any atom is 0.508 e. The lowest BCUT2D eigenvalue weighted by atomic mass is 10.0. The van der Waals surface area contributed by atoms with Crippen molar-refractivity contribution in [2.45, 2.75) is 35.2 Å². The molecule has 0 heterocycles. The van der Waals surface area contributed by atoms with Gasteiger partial charge >= 0.3 is 6.16 Å². The first-order valence-corrected chi connectivity index (χ1v) is 11.8. The van der Waals surface area contributed by atoms with Gasteiger partial charge in [-0.05, 0) is 37.2 Å². The molecule has 1 amide bonds. The van der Waals surface area contributed by atoms with Gasteiger partial charge in [0.2, 0.25) is 0 Å². The van der Waals surface area contributed by atoms with Crippen LogP contribution in [0.25, 0.3) is 0 Å². The molecule has 0 radical (unpaired) electrons. The molecule has 1 rings (SSSR count). The van der Waals surface area contributed by atoms with Crippen LogP contribution in [0.3, 0.4) is 0 Å². The summed E-state index contributed by atoms with van der Waals surface area (Å²) in [5, 5.41) is 5.32. The Morgan fingerprint density at radius 1 is 1.20 bits per heavy atom. The van der Waals surface area contributed by atoms with Crippen LogP contribution in [0, 0.1) is 0 Å². The summed E-state index contributed by atoms with van der Waals surface area (Å²) >= 11 is 11.0. The molecule has 0 aromatic heterocycles. The lowest BCUT2D eigenvalue weighted by molar-refractivity contribution is -0.121. The number of benzene rings is 1. The van der Waals surface area contributed by atoms with Crippen molar-refractivity contribution in [3.05, 3.63) is 29.8 Å². The van der Waals surface area contributed by atoms with Crippen LogP contribution in [0.2, 0.25) is 0 Å². The first kappa shape index (κ1) is 26.4. The molecule has 1 aromatic rings. The lowest BCUT2D eigenvalue weighted by Crippen LogP contribution is -2.44. The van der Waals surface area contributed by atoms with Crippen LogP contribution < -0.4 is 10.6 Å². The zero-order chi connectivity index (χ0) is 22.7. The molecule has 2 atom stereocenters. The normalized spacial score (nSPS) is 13.5. The van der Waals surface area contributed by atoms with E-state index in [2.05, 4.69) is 10.6 Å². The molecule has 12 heteroatoms. The van der Waals surface area contributed by atoms with Crippen molar-refractivity contribution in [1.82, 2.24) is 10.6 Å². The smallest absolute Gasteiger partial charge is 0.434 e. The molecule has 0 saturated carbocycles. The summed E-state index contributed by atoms with van der Waals surface area (Å²) in [7, 11) is -3.46. The number of hydrogen-bond donors (Lipinski definition) is 2. The second-order valence-corrected chi connectivity index (χ2v) is 9.37. The number of sulfone groups is 1. The van der Waals surface area contributed by atoms with E-state index in [1.165, 1.54) is 24.3 Å². The number of nitrogens with one attached hydrogen (secondary N) is 2. The third-order valence-electron chi connectivity index (χ3n) is 3.89. The zero-order valence-electron chi connectivity index (χ0n) is 16.6. The average Bonchev–Trinajstić information content (AvgIpc) is 2.69. The number of amides is 1. The number of ether oxygens (including phenoxy) is 2. The Morgan fingerprint density at radius 2 is 1.83 bits per heavy atom. The molecule has 8 nitrogen and oxygen atoms in total. The van der Waals surface area contributed by atoms with Gasteiger partial charge in [0.05, 0.1) is 17.5 Å². The largest absolute Gasteiger partial charge is 0.508 e. The monoisotopic (exact) mass is 486 g/mol. The van der Waals surface area contributed by atoms with Crippen LogP contribution >= 0.6 is 23.2 Å². The molecule has 170 valence electrons. The van der Waals surface area contributed by atoms with E-state index in [0.29, 0.717) is 13.0 Å². The molecule has 0 spiro atoms. The maximum atomic E-state index is 13.7. The number of halogens is 3. The maximum absolute atomic E-state index is 13.7. The number of alkyl halides is 3. The summed E-state index contributed by atoms with van der Waals surface area (Å²) in [5.41, 5.74) is 0.246. The quantitative estimate of drug-likeness (QED) is 0.265. The van der Waals surface area contributed by atoms with E-state index in [1.54, 1.807) is 0 Å². The van der Waals surface area contributed by atoms with Crippen molar-refractivity contribution in [2.75, 3.05) is 32.6 Å². The first-order valence-electron chi connectivity index (χ1n) is 9.08. The molecule has 0 aliphatic carbocycles. The van der Waals surface area contributed by atoms with Crippen molar-refractivity contribution in [3.8, 4) is 0 Å². The van der Waals surface area contributed by atoms with Crippen molar-refractivity contribution >= 4 is 45.1 Å². The Bertz CT molecular complexity index is 792. The molecular weight excluding hydrogens is 462 g/mol. The number of carbonyl (C=O) groups excluding carboxylic acids is 2. The summed E-state index contributed by atoms with van der Waals surface area (Å²) in [5.74, 6) is -0.874. The molecule has 0 aliphatic rings. The minimum Gasteiger partial charge on any atom is -0.434 e. The Morgan fingerprint density at radius 3 is 2.33 bits per heavy atom. The predicted octanol–water partition coefficient (Wildman–Crippen LogP) is 2.54. The first-order chi connectivity index (χ1) is 14.1. The van der Waals surface area contributed by atoms with Crippen LogP contribution in [0.4, 0.5) is 9.18 Å². The highest BCUT2D eigenvalue weighted by atomic mass is 35.5. The standard InChI is InChI=1S/C18H25Cl2FN2O6S/c1-3-22-9-4-10-28-18(25)29-15(14(11-21)23-17(24)16(19)20)12-5-7-13(8-6-12)30(2,26)27/h5-8,14-16,22H,3-4,9-11H2,1-2H3,(H,23,24)/t14-,15-/m1/s1. The third kappa shape index (κ3) is 9.03. The average molecular weight is 487 g/mol.